The van der Waals surface area contributed by atoms with Crippen LogP contribution in [-0.4, -0.2) is 23.9 Å². The van der Waals surface area contributed by atoms with Crippen LogP contribution in [0.15, 0.2) is 30.3 Å². The normalized spacial score (nSPS) is 12.5. The van der Waals surface area contributed by atoms with E-state index in [1.807, 2.05) is 42.3 Å². The SMILES string of the molecule is CCC(CC)N(C)C(=O)CCC(N)c1ccccc1. The number of hydrogen-bond acceptors (Lipinski definition) is 2. The van der Waals surface area contributed by atoms with E-state index in [-0.39, 0.29) is 11.9 Å². The van der Waals surface area contributed by atoms with E-state index in [1.165, 1.54) is 0 Å². The molecule has 0 saturated carbocycles. The molecule has 0 heterocycles. The van der Waals surface area contributed by atoms with Gasteiger partial charge in [0.15, 0.2) is 0 Å². The Kier molecular flexibility index (Phi) is 6.57. The van der Waals surface area contributed by atoms with Crippen LogP contribution in [-0.2, 0) is 4.79 Å². The first-order chi connectivity index (χ1) is 9.10. The second kappa shape index (κ2) is 7.95. The molecule has 3 heteroatoms. The van der Waals surface area contributed by atoms with E-state index in [1.54, 1.807) is 0 Å². The molecule has 1 unspecified atom stereocenters. The molecule has 0 aliphatic heterocycles. The standard InChI is InChI=1S/C16H26N2O/c1-4-14(5-2)18(3)16(19)12-11-15(17)13-9-7-6-8-10-13/h6-10,14-15H,4-5,11-12,17H2,1-3H3. The molecule has 3 nitrogen and oxygen atoms in total. The van der Waals surface area contributed by atoms with Crippen molar-refractivity contribution in [2.24, 2.45) is 5.73 Å². The summed E-state index contributed by atoms with van der Waals surface area (Å²) < 4.78 is 0. The number of nitrogens with two attached hydrogens (primary N) is 1. The molecule has 0 fully saturated rings. The molecule has 0 aromatic heterocycles. The molecule has 106 valence electrons. The lowest BCUT2D eigenvalue weighted by Gasteiger charge is -2.26. The summed E-state index contributed by atoms with van der Waals surface area (Å²) in [6, 6.07) is 10.3. The summed E-state index contributed by atoms with van der Waals surface area (Å²) in [6.45, 7) is 4.24. The summed E-state index contributed by atoms with van der Waals surface area (Å²) in [5.74, 6) is 0.195. The average Bonchev–Trinajstić information content (AvgIpc) is 2.46. The van der Waals surface area contributed by atoms with Crippen molar-refractivity contribution in [3.05, 3.63) is 35.9 Å². The van der Waals surface area contributed by atoms with E-state index >= 15 is 0 Å². The minimum atomic E-state index is -0.0553. The Morgan fingerprint density at radius 3 is 2.32 bits per heavy atom. The van der Waals surface area contributed by atoms with Crippen molar-refractivity contribution in [1.29, 1.82) is 0 Å². The smallest absolute Gasteiger partial charge is 0.222 e. The largest absolute Gasteiger partial charge is 0.343 e. The molecule has 0 aliphatic rings. The Morgan fingerprint density at radius 2 is 1.79 bits per heavy atom. The van der Waals surface area contributed by atoms with Gasteiger partial charge in [0.2, 0.25) is 5.91 Å². The summed E-state index contributed by atoms with van der Waals surface area (Å²) in [7, 11) is 1.90. The lowest BCUT2D eigenvalue weighted by Crippen LogP contribution is -2.36. The number of amides is 1. The van der Waals surface area contributed by atoms with Crippen LogP contribution in [0, 0.1) is 0 Å². The molecule has 1 atom stereocenters. The number of rotatable bonds is 7. The van der Waals surface area contributed by atoms with Crippen molar-refractivity contribution in [3.8, 4) is 0 Å². The highest BCUT2D eigenvalue weighted by molar-refractivity contribution is 5.76. The van der Waals surface area contributed by atoms with Crippen LogP contribution in [0.25, 0.3) is 0 Å². The van der Waals surface area contributed by atoms with Gasteiger partial charge in [0.25, 0.3) is 0 Å². The first-order valence-electron chi connectivity index (χ1n) is 7.16. The minimum Gasteiger partial charge on any atom is -0.343 e. The number of hydrogen-bond donors (Lipinski definition) is 1. The summed E-state index contributed by atoms with van der Waals surface area (Å²) in [5, 5.41) is 0. The Labute approximate surface area is 116 Å². The first-order valence-corrected chi connectivity index (χ1v) is 7.16. The van der Waals surface area contributed by atoms with E-state index in [4.69, 9.17) is 5.73 Å². The van der Waals surface area contributed by atoms with Crippen molar-refractivity contribution in [3.63, 3.8) is 0 Å². The molecule has 19 heavy (non-hydrogen) atoms. The minimum absolute atomic E-state index is 0.0553. The summed E-state index contributed by atoms with van der Waals surface area (Å²) in [4.78, 5) is 14.0. The number of carbonyl (C=O) groups excluding carboxylic acids is 1. The molecular weight excluding hydrogens is 236 g/mol. The number of carbonyl (C=O) groups is 1. The highest BCUT2D eigenvalue weighted by Gasteiger charge is 2.17. The maximum Gasteiger partial charge on any atom is 0.222 e. The summed E-state index contributed by atoms with van der Waals surface area (Å²) in [5.41, 5.74) is 7.21. The van der Waals surface area contributed by atoms with E-state index < -0.39 is 0 Å². The molecular formula is C16H26N2O. The number of benzene rings is 1. The van der Waals surface area contributed by atoms with Gasteiger partial charge >= 0.3 is 0 Å². The molecule has 1 amide bonds. The van der Waals surface area contributed by atoms with Crippen molar-refractivity contribution >= 4 is 5.91 Å². The molecule has 0 spiro atoms. The Balaban J connectivity index is 2.46. The fraction of sp³-hybridized carbons (Fsp3) is 0.562. The summed E-state index contributed by atoms with van der Waals surface area (Å²) >= 11 is 0. The van der Waals surface area contributed by atoms with Crippen LogP contribution in [0.3, 0.4) is 0 Å². The lowest BCUT2D eigenvalue weighted by molar-refractivity contribution is -0.132. The third-order valence-corrected chi connectivity index (χ3v) is 3.78. The van der Waals surface area contributed by atoms with Gasteiger partial charge in [-0.2, -0.15) is 0 Å². The highest BCUT2D eigenvalue weighted by atomic mass is 16.2. The van der Waals surface area contributed by atoms with Gasteiger partial charge in [-0.25, -0.2) is 0 Å². The van der Waals surface area contributed by atoms with Gasteiger partial charge in [-0.05, 0) is 24.8 Å². The lowest BCUT2D eigenvalue weighted by atomic mass is 10.0. The zero-order chi connectivity index (χ0) is 14.3. The Bertz CT molecular complexity index is 374. The second-order valence-electron chi connectivity index (χ2n) is 5.03. The third-order valence-electron chi connectivity index (χ3n) is 3.78. The van der Waals surface area contributed by atoms with Crippen LogP contribution in [0.2, 0.25) is 0 Å². The van der Waals surface area contributed by atoms with Gasteiger partial charge in [0, 0.05) is 25.6 Å². The fourth-order valence-electron chi connectivity index (χ4n) is 2.36. The molecule has 0 aliphatic carbocycles. The maximum absolute atomic E-state index is 12.1. The molecule has 1 aromatic rings. The Morgan fingerprint density at radius 1 is 1.21 bits per heavy atom. The molecule has 0 bridgehead atoms. The Hall–Kier alpha value is -1.35. The van der Waals surface area contributed by atoms with Gasteiger partial charge < -0.3 is 10.6 Å². The quantitative estimate of drug-likeness (QED) is 0.820. The highest BCUT2D eigenvalue weighted by Crippen LogP contribution is 2.17. The van der Waals surface area contributed by atoms with Gasteiger partial charge in [0.05, 0.1) is 0 Å². The topological polar surface area (TPSA) is 46.3 Å². The van der Waals surface area contributed by atoms with E-state index in [0.717, 1.165) is 18.4 Å². The van der Waals surface area contributed by atoms with E-state index in [0.29, 0.717) is 18.9 Å². The molecule has 0 saturated heterocycles. The molecule has 1 rings (SSSR count). The van der Waals surface area contributed by atoms with Gasteiger partial charge in [-0.1, -0.05) is 44.2 Å². The fourth-order valence-corrected chi connectivity index (χ4v) is 2.36. The summed E-state index contributed by atoms with van der Waals surface area (Å²) in [6.07, 6.45) is 3.23. The van der Waals surface area contributed by atoms with Crippen LogP contribution in [0.4, 0.5) is 0 Å². The predicted octanol–water partition coefficient (Wildman–Crippen LogP) is 3.11. The van der Waals surface area contributed by atoms with E-state index in [9.17, 15) is 4.79 Å². The predicted molar refractivity (Wildman–Crippen MR) is 79.7 cm³/mol. The zero-order valence-corrected chi connectivity index (χ0v) is 12.3. The second-order valence-corrected chi connectivity index (χ2v) is 5.03. The van der Waals surface area contributed by atoms with Crippen molar-refractivity contribution < 1.29 is 4.79 Å². The third kappa shape index (κ3) is 4.67. The average molecular weight is 262 g/mol. The van der Waals surface area contributed by atoms with Crippen molar-refractivity contribution in [1.82, 2.24) is 4.90 Å². The van der Waals surface area contributed by atoms with Crippen LogP contribution in [0.1, 0.15) is 51.1 Å². The zero-order valence-electron chi connectivity index (χ0n) is 12.3. The van der Waals surface area contributed by atoms with Gasteiger partial charge in [-0.15, -0.1) is 0 Å². The van der Waals surface area contributed by atoms with Crippen LogP contribution >= 0.6 is 0 Å². The van der Waals surface area contributed by atoms with Crippen molar-refractivity contribution in [2.45, 2.75) is 51.6 Å². The van der Waals surface area contributed by atoms with Gasteiger partial charge in [0.1, 0.15) is 0 Å². The van der Waals surface area contributed by atoms with E-state index in [2.05, 4.69) is 13.8 Å². The number of nitrogens with zero attached hydrogens (tertiary/aromatic N) is 1. The molecule has 1 aromatic carbocycles. The molecule has 2 N–H and O–H groups in total. The van der Waals surface area contributed by atoms with Gasteiger partial charge in [-0.3, -0.25) is 4.79 Å². The molecule has 0 radical (unpaired) electrons. The van der Waals surface area contributed by atoms with Crippen LogP contribution in [0.5, 0.6) is 0 Å². The van der Waals surface area contributed by atoms with Crippen LogP contribution < -0.4 is 5.73 Å². The first kappa shape index (κ1) is 15.7. The van der Waals surface area contributed by atoms with Crippen molar-refractivity contribution in [2.75, 3.05) is 7.05 Å². The monoisotopic (exact) mass is 262 g/mol. The maximum atomic E-state index is 12.1.